The Hall–Kier alpha value is -2.37. The Morgan fingerprint density at radius 2 is 1.76 bits per heavy atom. The highest BCUT2D eigenvalue weighted by molar-refractivity contribution is 7.92. The van der Waals surface area contributed by atoms with E-state index in [2.05, 4.69) is 10.5 Å². The summed E-state index contributed by atoms with van der Waals surface area (Å²) in [4.78, 5) is 17.2. The van der Waals surface area contributed by atoms with Crippen LogP contribution in [0.15, 0.2) is 41.6 Å². The van der Waals surface area contributed by atoms with Crippen LogP contribution in [-0.2, 0) is 20.3 Å². The average molecular weight is 539 g/mol. The largest absolute Gasteiger partial charge is 0.438 e. The molecular formula is C21H16Cl2F4N2O4S. The first-order chi connectivity index (χ1) is 15.7. The lowest BCUT2D eigenvalue weighted by Gasteiger charge is -2.31. The van der Waals surface area contributed by atoms with Crippen LogP contribution in [0.1, 0.15) is 27.0 Å². The van der Waals surface area contributed by atoms with E-state index < -0.39 is 51.0 Å². The summed E-state index contributed by atoms with van der Waals surface area (Å²) in [6, 6.07) is 6.34. The fraction of sp³-hybridized carbons (Fsp3) is 0.333. The van der Waals surface area contributed by atoms with Crippen LogP contribution in [-0.4, -0.2) is 49.9 Å². The van der Waals surface area contributed by atoms with Gasteiger partial charge in [0.15, 0.2) is 9.84 Å². The maximum atomic E-state index is 15.5. The SMILES string of the molecule is Cc1cc(C2=NOC(c3cc(Cl)cc(Cl)c3)(C(F)(F)F)C2F)ccc1C(=O)NC1CS(=O)(=O)C1. The van der Waals surface area contributed by atoms with Gasteiger partial charge >= 0.3 is 6.18 Å². The predicted octanol–water partition coefficient (Wildman–Crippen LogP) is 4.36. The van der Waals surface area contributed by atoms with Crippen LogP contribution < -0.4 is 5.32 Å². The van der Waals surface area contributed by atoms with Crippen molar-refractivity contribution in [2.45, 2.75) is 30.9 Å². The maximum absolute atomic E-state index is 15.5. The van der Waals surface area contributed by atoms with Gasteiger partial charge in [-0.05, 0) is 42.8 Å². The van der Waals surface area contributed by atoms with Gasteiger partial charge < -0.3 is 10.2 Å². The topological polar surface area (TPSA) is 84.8 Å². The van der Waals surface area contributed by atoms with Gasteiger partial charge in [0.1, 0.15) is 5.71 Å². The van der Waals surface area contributed by atoms with E-state index >= 15 is 4.39 Å². The van der Waals surface area contributed by atoms with Crippen molar-refractivity contribution in [2.24, 2.45) is 5.16 Å². The smallest absolute Gasteiger partial charge is 0.371 e. The molecule has 182 valence electrons. The lowest BCUT2D eigenvalue weighted by molar-refractivity contribution is -0.289. The molecule has 1 fully saturated rings. The van der Waals surface area contributed by atoms with E-state index in [9.17, 15) is 26.4 Å². The molecule has 0 radical (unpaired) electrons. The molecule has 2 atom stereocenters. The number of sulfone groups is 1. The molecule has 4 rings (SSSR count). The summed E-state index contributed by atoms with van der Waals surface area (Å²) in [5.74, 6) is -0.884. The van der Waals surface area contributed by atoms with Gasteiger partial charge in [0.05, 0.1) is 17.5 Å². The normalized spacial score (nSPS) is 24.2. The summed E-state index contributed by atoms with van der Waals surface area (Å²) in [5, 5.41) is 5.71. The molecule has 6 nitrogen and oxygen atoms in total. The summed E-state index contributed by atoms with van der Waals surface area (Å²) < 4.78 is 80.5. The molecule has 0 aromatic heterocycles. The van der Waals surface area contributed by atoms with Gasteiger partial charge in [-0.2, -0.15) is 13.2 Å². The molecule has 2 aromatic rings. The van der Waals surface area contributed by atoms with E-state index in [-0.39, 0.29) is 32.7 Å². The van der Waals surface area contributed by atoms with Crippen LogP contribution in [0.5, 0.6) is 0 Å². The average Bonchev–Trinajstić information content (AvgIpc) is 3.03. The third-order valence-corrected chi connectivity index (χ3v) is 7.87. The fourth-order valence-corrected chi connectivity index (χ4v) is 5.74. The monoisotopic (exact) mass is 538 g/mol. The minimum Gasteiger partial charge on any atom is -0.371 e. The molecule has 1 saturated heterocycles. The quantitative estimate of drug-likeness (QED) is 0.586. The van der Waals surface area contributed by atoms with Crippen LogP contribution in [0.4, 0.5) is 17.6 Å². The third-order valence-electron chi connectivity index (χ3n) is 5.61. The zero-order valence-electron chi connectivity index (χ0n) is 17.3. The summed E-state index contributed by atoms with van der Waals surface area (Å²) in [6.45, 7) is 1.51. The van der Waals surface area contributed by atoms with Crippen molar-refractivity contribution in [3.63, 3.8) is 0 Å². The molecule has 2 unspecified atom stereocenters. The minimum atomic E-state index is -5.22. The Balaban J connectivity index is 1.63. The van der Waals surface area contributed by atoms with Crippen LogP contribution >= 0.6 is 23.2 Å². The first kappa shape index (κ1) is 24.7. The number of halogens is 6. The molecule has 1 N–H and O–H groups in total. The van der Waals surface area contributed by atoms with Crippen LogP contribution in [0.25, 0.3) is 0 Å². The number of carbonyl (C=O) groups is 1. The van der Waals surface area contributed by atoms with E-state index in [1.54, 1.807) is 0 Å². The minimum absolute atomic E-state index is 0.0213. The summed E-state index contributed by atoms with van der Waals surface area (Å²) >= 11 is 11.7. The van der Waals surface area contributed by atoms with Gasteiger partial charge in [0.2, 0.25) is 6.17 Å². The second-order valence-electron chi connectivity index (χ2n) is 8.10. The van der Waals surface area contributed by atoms with E-state index in [1.165, 1.54) is 31.2 Å². The molecule has 2 heterocycles. The van der Waals surface area contributed by atoms with Crippen molar-refractivity contribution in [3.8, 4) is 0 Å². The van der Waals surface area contributed by atoms with E-state index in [0.29, 0.717) is 5.56 Å². The standard InChI is InChI=1S/C21H16Cl2F4N2O4S/c1-10-4-11(2-3-16(10)19(30)28-15-8-34(31,32)9-15)17-18(24)20(33-29-17,21(25,26)27)12-5-13(22)7-14(23)6-12/h2-7,15,18H,8-9H2,1H3,(H,28,30). The van der Waals surface area contributed by atoms with Gasteiger partial charge in [-0.3, -0.25) is 4.79 Å². The number of rotatable bonds is 4. The molecular weight excluding hydrogens is 523 g/mol. The molecule has 1 amide bonds. The maximum Gasteiger partial charge on any atom is 0.438 e. The first-order valence-corrected chi connectivity index (χ1v) is 12.4. The van der Waals surface area contributed by atoms with Crippen LogP contribution in [0, 0.1) is 6.92 Å². The highest BCUT2D eigenvalue weighted by Crippen LogP contribution is 2.51. The Kier molecular flexibility index (Phi) is 6.10. The second kappa shape index (κ2) is 8.39. The third kappa shape index (κ3) is 4.25. The second-order valence-corrected chi connectivity index (χ2v) is 11.1. The Morgan fingerprint density at radius 3 is 2.29 bits per heavy atom. The number of benzene rings is 2. The van der Waals surface area contributed by atoms with Crippen molar-refractivity contribution in [3.05, 3.63) is 68.7 Å². The molecule has 2 aromatic carbocycles. The number of amides is 1. The van der Waals surface area contributed by atoms with Crippen molar-refractivity contribution >= 4 is 44.7 Å². The van der Waals surface area contributed by atoms with Crippen molar-refractivity contribution in [2.75, 3.05) is 11.5 Å². The molecule has 0 aliphatic carbocycles. The van der Waals surface area contributed by atoms with Crippen LogP contribution in [0.2, 0.25) is 10.0 Å². The van der Waals surface area contributed by atoms with Crippen LogP contribution in [0.3, 0.4) is 0 Å². The van der Waals surface area contributed by atoms with Gasteiger partial charge in [0, 0.05) is 26.7 Å². The number of alkyl halides is 4. The van der Waals surface area contributed by atoms with Gasteiger partial charge in [-0.1, -0.05) is 34.4 Å². The number of oxime groups is 1. The number of hydrogen-bond donors (Lipinski definition) is 1. The van der Waals surface area contributed by atoms with E-state index in [4.69, 9.17) is 28.0 Å². The molecule has 2 aliphatic heterocycles. The molecule has 2 aliphatic rings. The number of aryl methyl sites for hydroxylation is 1. The first-order valence-electron chi connectivity index (χ1n) is 9.79. The summed E-state index contributed by atoms with van der Waals surface area (Å²) in [5.41, 5.74) is -4.27. The van der Waals surface area contributed by atoms with Crippen molar-refractivity contribution in [1.82, 2.24) is 5.32 Å². The number of nitrogens with zero attached hydrogens (tertiary/aromatic N) is 1. The number of carbonyl (C=O) groups excluding carboxylic acids is 1. The zero-order chi connectivity index (χ0) is 25.1. The fourth-order valence-electron chi connectivity index (χ4n) is 3.92. The van der Waals surface area contributed by atoms with Crippen molar-refractivity contribution < 1.29 is 35.6 Å². The molecule has 34 heavy (non-hydrogen) atoms. The lowest BCUT2D eigenvalue weighted by Crippen LogP contribution is -2.53. The predicted molar refractivity (Wildman–Crippen MR) is 118 cm³/mol. The molecule has 0 spiro atoms. The summed E-state index contributed by atoms with van der Waals surface area (Å²) in [7, 11) is -3.14. The van der Waals surface area contributed by atoms with Gasteiger partial charge in [0.25, 0.3) is 11.5 Å². The number of hydrogen-bond acceptors (Lipinski definition) is 5. The lowest BCUT2D eigenvalue weighted by atomic mass is 9.84. The molecule has 13 heteroatoms. The van der Waals surface area contributed by atoms with E-state index in [0.717, 1.165) is 12.1 Å². The molecule has 0 bridgehead atoms. The molecule has 0 saturated carbocycles. The summed E-state index contributed by atoms with van der Waals surface area (Å²) in [6.07, 6.45) is -7.98. The Morgan fingerprint density at radius 1 is 1.15 bits per heavy atom. The zero-order valence-corrected chi connectivity index (χ0v) is 19.6. The Labute approximate surface area is 201 Å². The highest BCUT2D eigenvalue weighted by atomic mass is 35.5. The Bertz CT molecular complexity index is 1280. The van der Waals surface area contributed by atoms with Gasteiger partial charge in [-0.25, -0.2) is 12.8 Å². The number of nitrogens with one attached hydrogen (secondary N) is 1. The van der Waals surface area contributed by atoms with E-state index in [1.807, 2.05) is 0 Å². The van der Waals surface area contributed by atoms with Crippen molar-refractivity contribution in [1.29, 1.82) is 0 Å². The van der Waals surface area contributed by atoms with Gasteiger partial charge in [-0.15, -0.1) is 0 Å². The highest BCUT2D eigenvalue weighted by Gasteiger charge is 2.69.